The van der Waals surface area contributed by atoms with Gasteiger partial charge in [-0.3, -0.25) is 9.78 Å². The lowest BCUT2D eigenvalue weighted by Gasteiger charge is -2.18. The zero-order valence-corrected chi connectivity index (χ0v) is 11.7. The van der Waals surface area contributed by atoms with Crippen LogP contribution >= 0.6 is 0 Å². The molecular formula is C16H16N2O3. The number of hydrogen-bond acceptors (Lipinski definition) is 4. The molecule has 0 saturated carbocycles. The molecule has 21 heavy (non-hydrogen) atoms. The van der Waals surface area contributed by atoms with Crippen molar-refractivity contribution in [3.63, 3.8) is 0 Å². The number of hydrogen-bond donors (Lipinski definition) is 0. The number of aromatic nitrogens is 1. The molecule has 0 saturated heterocycles. The Hall–Kier alpha value is -2.50. The van der Waals surface area contributed by atoms with Crippen LogP contribution in [-0.4, -0.2) is 23.2 Å². The van der Waals surface area contributed by atoms with Gasteiger partial charge >= 0.3 is 5.91 Å². The molecule has 1 aromatic carbocycles. The third kappa shape index (κ3) is 3.98. The molecule has 0 aliphatic heterocycles. The highest BCUT2D eigenvalue weighted by Crippen LogP contribution is 2.10. The van der Waals surface area contributed by atoms with Gasteiger partial charge in [-0.15, -0.1) is 0 Å². The highest BCUT2D eigenvalue weighted by Gasteiger charge is 2.16. The predicted molar refractivity (Wildman–Crippen MR) is 78.7 cm³/mol. The lowest BCUT2D eigenvalue weighted by Crippen LogP contribution is -2.30. The fourth-order valence-corrected chi connectivity index (χ4v) is 1.68. The van der Waals surface area contributed by atoms with Crippen molar-refractivity contribution < 1.29 is 14.5 Å². The number of carbonyl (C=O) groups excluding carboxylic acids is 1. The first-order valence-corrected chi connectivity index (χ1v) is 6.37. The Labute approximate surface area is 123 Å². The SMILES string of the molecule is C=Cc1ccc(CON(OC)C(=O)c2ccncc2)cc1. The van der Waals surface area contributed by atoms with Gasteiger partial charge in [-0.1, -0.05) is 42.1 Å². The highest BCUT2D eigenvalue weighted by molar-refractivity contribution is 5.92. The van der Waals surface area contributed by atoms with Crippen LogP contribution in [0, 0.1) is 0 Å². The van der Waals surface area contributed by atoms with Gasteiger partial charge in [0.1, 0.15) is 6.61 Å². The maximum absolute atomic E-state index is 12.1. The van der Waals surface area contributed by atoms with E-state index in [1.54, 1.807) is 18.2 Å². The second-order valence-electron chi connectivity index (χ2n) is 4.20. The van der Waals surface area contributed by atoms with E-state index in [0.29, 0.717) is 5.56 Å². The van der Waals surface area contributed by atoms with Crippen LogP contribution in [0.1, 0.15) is 21.5 Å². The molecule has 0 spiro atoms. The van der Waals surface area contributed by atoms with E-state index < -0.39 is 0 Å². The molecule has 5 heteroatoms. The largest absolute Gasteiger partial charge is 0.304 e. The average molecular weight is 284 g/mol. The first kappa shape index (κ1) is 14.9. The van der Waals surface area contributed by atoms with Gasteiger partial charge < -0.3 is 0 Å². The number of amides is 1. The van der Waals surface area contributed by atoms with Crippen LogP contribution in [0.25, 0.3) is 6.08 Å². The minimum absolute atomic E-state index is 0.224. The van der Waals surface area contributed by atoms with Gasteiger partial charge in [0.2, 0.25) is 0 Å². The molecule has 2 rings (SSSR count). The highest BCUT2D eigenvalue weighted by atomic mass is 16.9. The van der Waals surface area contributed by atoms with Gasteiger partial charge in [-0.2, -0.15) is 0 Å². The number of carbonyl (C=O) groups is 1. The Morgan fingerprint density at radius 3 is 2.48 bits per heavy atom. The lowest BCUT2D eigenvalue weighted by molar-refractivity contribution is -0.320. The maximum atomic E-state index is 12.1. The first-order valence-electron chi connectivity index (χ1n) is 6.37. The van der Waals surface area contributed by atoms with Crippen molar-refractivity contribution >= 4 is 12.0 Å². The van der Waals surface area contributed by atoms with Crippen LogP contribution in [0.15, 0.2) is 55.4 Å². The number of nitrogens with zero attached hydrogens (tertiary/aromatic N) is 2. The van der Waals surface area contributed by atoms with Crippen molar-refractivity contribution in [1.29, 1.82) is 0 Å². The normalized spacial score (nSPS) is 10.1. The summed E-state index contributed by atoms with van der Waals surface area (Å²) in [6.07, 6.45) is 4.84. The number of pyridine rings is 1. The Morgan fingerprint density at radius 1 is 1.24 bits per heavy atom. The topological polar surface area (TPSA) is 51.7 Å². The van der Waals surface area contributed by atoms with Crippen LogP contribution in [0.2, 0.25) is 0 Å². The minimum Gasteiger partial charge on any atom is -0.265 e. The third-order valence-corrected chi connectivity index (χ3v) is 2.82. The molecule has 0 atom stereocenters. The van der Waals surface area contributed by atoms with Crippen molar-refractivity contribution in [2.45, 2.75) is 6.61 Å². The molecule has 108 valence electrons. The molecule has 1 heterocycles. The van der Waals surface area contributed by atoms with Crippen molar-refractivity contribution in [3.05, 3.63) is 72.1 Å². The van der Waals surface area contributed by atoms with Gasteiger partial charge in [0.25, 0.3) is 0 Å². The van der Waals surface area contributed by atoms with Crippen molar-refractivity contribution in [2.24, 2.45) is 0 Å². The first-order chi connectivity index (χ1) is 10.2. The molecule has 2 aromatic rings. The lowest BCUT2D eigenvalue weighted by atomic mass is 10.1. The van der Waals surface area contributed by atoms with E-state index in [9.17, 15) is 4.79 Å². The molecule has 1 amide bonds. The van der Waals surface area contributed by atoms with Crippen LogP contribution in [0.5, 0.6) is 0 Å². The van der Waals surface area contributed by atoms with Gasteiger partial charge in [-0.05, 0) is 23.3 Å². The average Bonchev–Trinajstić information content (AvgIpc) is 2.56. The fourth-order valence-electron chi connectivity index (χ4n) is 1.68. The molecule has 5 nitrogen and oxygen atoms in total. The quantitative estimate of drug-likeness (QED) is 0.765. The number of benzene rings is 1. The summed E-state index contributed by atoms with van der Waals surface area (Å²) in [7, 11) is 1.37. The molecular weight excluding hydrogens is 268 g/mol. The Bertz CT molecular complexity index is 597. The Balaban J connectivity index is 1.98. The Morgan fingerprint density at radius 2 is 1.90 bits per heavy atom. The summed E-state index contributed by atoms with van der Waals surface area (Å²) in [6, 6.07) is 10.8. The maximum Gasteiger partial charge on any atom is 0.304 e. The molecule has 0 aliphatic rings. The number of hydroxylamine groups is 2. The van der Waals surface area contributed by atoms with Crippen LogP contribution < -0.4 is 0 Å². The summed E-state index contributed by atoms with van der Waals surface area (Å²) in [5, 5.41) is 0.858. The standard InChI is InChI=1S/C16H16N2O3/c1-3-13-4-6-14(7-5-13)12-21-18(20-2)16(19)15-8-10-17-11-9-15/h3-11H,1,12H2,2H3. The predicted octanol–water partition coefficient (Wildman–Crippen LogP) is 2.86. The van der Waals surface area contributed by atoms with Gasteiger partial charge in [0, 0.05) is 18.0 Å². The molecule has 0 unspecified atom stereocenters. The zero-order valence-electron chi connectivity index (χ0n) is 11.7. The van der Waals surface area contributed by atoms with Crippen molar-refractivity contribution in [1.82, 2.24) is 10.2 Å². The van der Waals surface area contributed by atoms with Crippen LogP contribution in [0.4, 0.5) is 0 Å². The van der Waals surface area contributed by atoms with Crippen LogP contribution in [0.3, 0.4) is 0 Å². The van der Waals surface area contributed by atoms with E-state index in [4.69, 9.17) is 9.68 Å². The van der Waals surface area contributed by atoms with Crippen molar-refractivity contribution in [3.8, 4) is 0 Å². The summed E-state index contributed by atoms with van der Waals surface area (Å²) < 4.78 is 0. The van der Waals surface area contributed by atoms with Gasteiger partial charge in [0.15, 0.2) is 0 Å². The summed E-state index contributed by atoms with van der Waals surface area (Å²) in [4.78, 5) is 26.3. The molecule has 0 radical (unpaired) electrons. The summed E-state index contributed by atoms with van der Waals surface area (Å²) >= 11 is 0. The van der Waals surface area contributed by atoms with E-state index in [1.807, 2.05) is 24.3 Å². The second kappa shape index (κ2) is 7.33. The molecule has 0 N–H and O–H groups in total. The minimum atomic E-state index is -0.386. The van der Waals surface area contributed by atoms with Crippen molar-refractivity contribution in [2.75, 3.05) is 7.11 Å². The number of rotatable bonds is 6. The van der Waals surface area contributed by atoms with E-state index in [0.717, 1.165) is 16.4 Å². The van der Waals surface area contributed by atoms with Crippen LogP contribution in [-0.2, 0) is 16.3 Å². The molecule has 0 aliphatic carbocycles. The van der Waals surface area contributed by atoms with Gasteiger partial charge in [0.05, 0.1) is 7.11 Å². The van der Waals surface area contributed by atoms with E-state index in [2.05, 4.69) is 11.6 Å². The second-order valence-corrected chi connectivity index (χ2v) is 4.20. The van der Waals surface area contributed by atoms with E-state index >= 15 is 0 Å². The van der Waals surface area contributed by atoms with Gasteiger partial charge in [-0.25, -0.2) is 9.68 Å². The summed E-state index contributed by atoms with van der Waals surface area (Å²) in [6.45, 7) is 3.92. The van der Waals surface area contributed by atoms with E-state index in [-0.39, 0.29) is 12.5 Å². The monoisotopic (exact) mass is 284 g/mol. The Kier molecular flexibility index (Phi) is 5.20. The molecule has 1 aromatic heterocycles. The zero-order chi connectivity index (χ0) is 15.1. The molecule has 0 bridgehead atoms. The smallest absolute Gasteiger partial charge is 0.265 e. The molecule has 0 fully saturated rings. The van der Waals surface area contributed by atoms with E-state index in [1.165, 1.54) is 19.5 Å². The third-order valence-electron chi connectivity index (χ3n) is 2.82. The fraction of sp³-hybridized carbons (Fsp3) is 0.125. The summed E-state index contributed by atoms with van der Waals surface area (Å²) in [5.74, 6) is -0.386. The summed E-state index contributed by atoms with van der Waals surface area (Å²) in [5.41, 5.74) is 2.38.